The van der Waals surface area contributed by atoms with Gasteiger partial charge < -0.3 is 20.6 Å². The molecule has 1 fully saturated rings. The van der Waals surface area contributed by atoms with Crippen LogP contribution in [0.15, 0.2) is 42.5 Å². The number of phenolic OH excluding ortho intramolecular Hbond substituents is 1. The highest BCUT2D eigenvalue weighted by Gasteiger charge is 2.22. The van der Waals surface area contributed by atoms with Crippen LogP contribution in [0.3, 0.4) is 0 Å². The highest BCUT2D eigenvalue weighted by molar-refractivity contribution is 6.08. The average Bonchev–Trinajstić information content (AvgIpc) is 2.67. The second kappa shape index (κ2) is 9.11. The van der Waals surface area contributed by atoms with E-state index in [9.17, 15) is 9.90 Å². The first kappa shape index (κ1) is 20.2. The molecule has 28 heavy (non-hydrogen) atoms. The number of nitrogens with one attached hydrogen (secondary N) is 2. The van der Waals surface area contributed by atoms with Crippen LogP contribution in [-0.4, -0.2) is 41.6 Å². The maximum absolute atomic E-state index is 12.8. The van der Waals surface area contributed by atoms with Crippen molar-refractivity contribution in [1.29, 1.82) is 0 Å². The molecule has 3 rings (SSSR count). The first-order valence-corrected chi connectivity index (χ1v) is 10.1. The van der Waals surface area contributed by atoms with Crippen molar-refractivity contribution in [1.82, 2.24) is 4.90 Å². The van der Waals surface area contributed by atoms with Crippen LogP contribution >= 0.6 is 0 Å². The molecule has 1 saturated heterocycles. The van der Waals surface area contributed by atoms with Gasteiger partial charge in [-0.3, -0.25) is 4.79 Å². The number of carbonyl (C=O) groups is 1. The number of rotatable bonds is 6. The molecular formula is C23H31N3O2. The Bertz CT molecular complexity index is 811. The minimum atomic E-state index is -0.223. The highest BCUT2D eigenvalue weighted by Crippen LogP contribution is 2.29. The van der Waals surface area contributed by atoms with Crippen molar-refractivity contribution in [2.75, 3.05) is 30.3 Å². The van der Waals surface area contributed by atoms with Crippen LogP contribution in [0, 0.1) is 12.8 Å². The quantitative estimate of drug-likeness (QED) is 0.645. The maximum atomic E-state index is 12.8. The summed E-state index contributed by atoms with van der Waals surface area (Å²) in [6, 6.07) is 13.3. The van der Waals surface area contributed by atoms with Crippen LogP contribution < -0.4 is 10.6 Å². The summed E-state index contributed by atoms with van der Waals surface area (Å²) in [5.41, 5.74) is 2.81. The molecule has 0 bridgehead atoms. The smallest absolute Gasteiger partial charge is 0.257 e. The molecule has 3 N–H and O–H groups in total. The van der Waals surface area contributed by atoms with Crippen molar-refractivity contribution in [3.8, 4) is 5.75 Å². The van der Waals surface area contributed by atoms with Gasteiger partial charge in [0, 0.05) is 18.3 Å². The number of nitrogens with zero attached hydrogens (tertiary/aromatic N) is 1. The number of phenols is 1. The van der Waals surface area contributed by atoms with Crippen molar-refractivity contribution in [3.63, 3.8) is 0 Å². The Labute approximate surface area is 167 Å². The first-order chi connectivity index (χ1) is 13.4. The van der Waals surface area contributed by atoms with Crippen LogP contribution in [-0.2, 0) is 0 Å². The summed E-state index contributed by atoms with van der Waals surface area (Å²) in [7, 11) is 0. The van der Waals surface area contributed by atoms with Gasteiger partial charge in [-0.15, -0.1) is 0 Å². The van der Waals surface area contributed by atoms with E-state index < -0.39 is 0 Å². The number of carbonyl (C=O) groups excluding carboxylic acids is 1. The van der Waals surface area contributed by atoms with Crippen LogP contribution in [0.2, 0.25) is 0 Å². The lowest BCUT2D eigenvalue weighted by Crippen LogP contribution is -2.39. The molecule has 0 atom stereocenters. The standard InChI is InChI=1S/C23H31N3O2/c1-16(2)26-12-10-18(11-13-26)15-24-22-20(8-5-9-21(22)27)23(28)25-19-7-4-6-17(3)14-19/h4-9,14,16,18,24,27H,10-13,15H2,1-3H3,(H,25,28). The number of para-hydroxylation sites is 1. The molecule has 0 unspecified atom stereocenters. The number of anilines is 2. The number of hydrogen-bond donors (Lipinski definition) is 3. The molecule has 2 aromatic carbocycles. The van der Waals surface area contributed by atoms with E-state index in [2.05, 4.69) is 29.4 Å². The van der Waals surface area contributed by atoms with Crippen molar-refractivity contribution in [2.45, 2.75) is 39.7 Å². The lowest BCUT2D eigenvalue weighted by molar-refractivity contribution is 0.102. The maximum Gasteiger partial charge on any atom is 0.257 e. The Morgan fingerprint density at radius 1 is 1.18 bits per heavy atom. The summed E-state index contributed by atoms with van der Waals surface area (Å²) < 4.78 is 0. The molecule has 1 amide bonds. The molecule has 2 aromatic rings. The van der Waals surface area contributed by atoms with Gasteiger partial charge in [0.25, 0.3) is 5.91 Å². The molecule has 1 aliphatic rings. The minimum absolute atomic E-state index is 0.108. The lowest BCUT2D eigenvalue weighted by atomic mass is 9.95. The van der Waals surface area contributed by atoms with Crippen molar-refractivity contribution in [2.24, 2.45) is 5.92 Å². The average molecular weight is 382 g/mol. The predicted octanol–water partition coefficient (Wildman–Crippen LogP) is 4.49. The van der Waals surface area contributed by atoms with Gasteiger partial charge in [0.05, 0.1) is 11.3 Å². The van der Waals surface area contributed by atoms with E-state index >= 15 is 0 Å². The van der Waals surface area contributed by atoms with Gasteiger partial charge in [-0.25, -0.2) is 0 Å². The van der Waals surface area contributed by atoms with Crippen LogP contribution in [0.25, 0.3) is 0 Å². The molecule has 1 heterocycles. The zero-order valence-corrected chi connectivity index (χ0v) is 17.0. The van der Waals surface area contributed by atoms with Crippen LogP contribution in [0.4, 0.5) is 11.4 Å². The predicted molar refractivity (Wildman–Crippen MR) is 115 cm³/mol. The summed E-state index contributed by atoms with van der Waals surface area (Å²) in [6.45, 7) is 9.42. The van der Waals surface area contributed by atoms with Gasteiger partial charge in [0.2, 0.25) is 0 Å². The van der Waals surface area contributed by atoms with E-state index in [-0.39, 0.29) is 11.7 Å². The van der Waals surface area contributed by atoms with Gasteiger partial charge in [-0.05, 0) is 82.4 Å². The number of hydrogen-bond acceptors (Lipinski definition) is 4. The molecule has 5 nitrogen and oxygen atoms in total. The molecule has 0 spiro atoms. The topological polar surface area (TPSA) is 64.6 Å². The van der Waals surface area contributed by atoms with Crippen molar-refractivity contribution >= 4 is 17.3 Å². The van der Waals surface area contributed by atoms with E-state index in [1.807, 2.05) is 31.2 Å². The SMILES string of the molecule is Cc1cccc(NC(=O)c2cccc(O)c2NCC2CCN(C(C)C)CC2)c1. The number of amides is 1. The summed E-state index contributed by atoms with van der Waals surface area (Å²) in [4.78, 5) is 15.3. The van der Waals surface area contributed by atoms with Crippen LogP contribution in [0.5, 0.6) is 5.75 Å². The van der Waals surface area contributed by atoms with Gasteiger partial charge in [-0.1, -0.05) is 18.2 Å². The van der Waals surface area contributed by atoms with E-state index in [4.69, 9.17) is 0 Å². The van der Waals surface area contributed by atoms with Gasteiger partial charge in [0.15, 0.2) is 0 Å². The molecule has 0 radical (unpaired) electrons. The van der Waals surface area contributed by atoms with E-state index in [1.54, 1.807) is 18.2 Å². The third kappa shape index (κ3) is 5.04. The number of piperidine rings is 1. The zero-order chi connectivity index (χ0) is 20.1. The van der Waals surface area contributed by atoms with Gasteiger partial charge >= 0.3 is 0 Å². The van der Waals surface area contributed by atoms with Crippen molar-refractivity contribution in [3.05, 3.63) is 53.6 Å². The van der Waals surface area contributed by atoms with E-state index in [0.717, 1.165) is 43.7 Å². The number of aromatic hydroxyl groups is 1. The summed E-state index contributed by atoms with van der Waals surface area (Å²) in [6.07, 6.45) is 2.26. The molecule has 5 heteroatoms. The number of benzene rings is 2. The Morgan fingerprint density at radius 2 is 1.89 bits per heavy atom. The Hall–Kier alpha value is -2.53. The second-order valence-corrected chi connectivity index (χ2v) is 7.98. The zero-order valence-electron chi connectivity index (χ0n) is 17.0. The molecule has 0 saturated carbocycles. The third-order valence-electron chi connectivity index (χ3n) is 5.51. The first-order valence-electron chi connectivity index (χ1n) is 10.1. The summed E-state index contributed by atoms with van der Waals surface area (Å²) in [5.74, 6) is 0.428. The van der Waals surface area contributed by atoms with E-state index in [1.165, 1.54) is 0 Å². The molecule has 1 aliphatic heterocycles. The Kier molecular flexibility index (Phi) is 6.57. The number of likely N-dealkylation sites (tertiary alicyclic amines) is 1. The number of aryl methyl sites for hydroxylation is 1. The fourth-order valence-electron chi connectivity index (χ4n) is 3.76. The Morgan fingerprint density at radius 3 is 2.57 bits per heavy atom. The minimum Gasteiger partial charge on any atom is -0.506 e. The molecular weight excluding hydrogens is 350 g/mol. The fraction of sp³-hybridized carbons (Fsp3) is 0.435. The monoisotopic (exact) mass is 381 g/mol. The van der Waals surface area contributed by atoms with Gasteiger partial charge in [-0.2, -0.15) is 0 Å². The second-order valence-electron chi connectivity index (χ2n) is 7.98. The summed E-state index contributed by atoms with van der Waals surface area (Å²) >= 11 is 0. The fourth-order valence-corrected chi connectivity index (χ4v) is 3.76. The van der Waals surface area contributed by atoms with E-state index in [0.29, 0.717) is 23.2 Å². The molecule has 150 valence electrons. The summed E-state index contributed by atoms with van der Waals surface area (Å²) in [5, 5.41) is 16.6. The highest BCUT2D eigenvalue weighted by atomic mass is 16.3. The molecule has 0 aliphatic carbocycles. The lowest BCUT2D eigenvalue weighted by Gasteiger charge is -2.34. The molecule has 0 aromatic heterocycles. The van der Waals surface area contributed by atoms with Crippen LogP contribution in [0.1, 0.15) is 42.6 Å². The van der Waals surface area contributed by atoms with Gasteiger partial charge in [0.1, 0.15) is 5.75 Å². The normalized spacial score (nSPS) is 15.6. The Balaban J connectivity index is 1.66. The third-order valence-corrected chi connectivity index (χ3v) is 5.51. The van der Waals surface area contributed by atoms with Crippen molar-refractivity contribution < 1.29 is 9.90 Å². The largest absolute Gasteiger partial charge is 0.506 e.